The van der Waals surface area contributed by atoms with Gasteiger partial charge in [0.15, 0.2) is 5.82 Å². The zero-order valence-corrected chi connectivity index (χ0v) is 8.06. The van der Waals surface area contributed by atoms with Gasteiger partial charge < -0.3 is 10.0 Å². The third-order valence-electron chi connectivity index (χ3n) is 1.85. The second kappa shape index (κ2) is 4.77. The minimum absolute atomic E-state index is 0.142. The first-order valence-electron chi connectivity index (χ1n) is 4.43. The summed E-state index contributed by atoms with van der Waals surface area (Å²) in [6.07, 6.45) is 1.72. The van der Waals surface area contributed by atoms with Crippen molar-refractivity contribution in [1.29, 1.82) is 0 Å². The third kappa shape index (κ3) is 2.66. The largest absolute Gasteiger partial charge is 0.395 e. The Kier molecular flexibility index (Phi) is 3.64. The van der Waals surface area contributed by atoms with Gasteiger partial charge in [-0.15, -0.1) is 5.10 Å². The van der Waals surface area contributed by atoms with Crippen LogP contribution in [-0.2, 0) is 0 Å². The van der Waals surface area contributed by atoms with Crippen molar-refractivity contribution in [3.63, 3.8) is 0 Å². The van der Waals surface area contributed by atoms with E-state index in [1.54, 1.807) is 6.20 Å². The Hall–Kier alpha value is -1.16. The predicted octanol–water partition coefficient (Wildman–Crippen LogP) is 0.604. The van der Waals surface area contributed by atoms with Crippen LogP contribution in [-0.4, -0.2) is 35.0 Å². The molecule has 0 aliphatic carbocycles. The van der Waals surface area contributed by atoms with Crippen molar-refractivity contribution in [3.05, 3.63) is 17.8 Å². The van der Waals surface area contributed by atoms with Gasteiger partial charge >= 0.3 is 0 Å². The molecule has 0 saturated carbocycles. The van der Waals surface area contributed by atoms with E-state index in [-0.39, 0.29) is 6.61 Å². The smallest absolute Gasteiger partial charge is 0.151 e. The number of rotatable bonds is 4. The fourth-order valence-electron chi connectivity index (χ4n) is 1.16. The SMILES string of the molecule is CCN(CCO)c1cc(C)cnn1. The Morgan fingerprint density at radius 2 is 2.31 bits per heavy atom. The fraction of sp³-hybridized carbons (Fsp3) is 0.556. The predicted molar refractivity (Wildman–Crippen MR) is 51.7 cm³/mol. The van der Waals surface area contributed by atoms with Gasteiger partial charge in [0, 0.05) is 13.1 Å². The molecule has 4 nitrogen and oxygen atoms in total. The van der Waals surface area contributed by atoms with Gasteiger partial charge in [-0.05, 0) is 25.5 Å². The molecule has 1 aromatic heterocycles. The van der Waals surface area contributed by atoms with Crippen molar-refractivity contribution in [1.82, 2.24) is 10.2 Å². The van der Waals surface area contributed by atoms with Crippen molar-refractivity contribution in [2.24, 2.45) is 0 Å². The maximum Gasteiger partial charge on any atom is 0.151 e. The zero-order chi connectivity index (χ0) is 9.68. The van der Waals surface area contributed by atoms with Crippen LogP contribution < -0.4 is 4.90 Å². The van der Waals surface area contributed by atoms with E-state index < -0.39 is 0 Å². The van der Waals surface area contributed by atoms with Crippen LogP contribution in [0.15, 0.2) is 12.3 Å². The molecule has 0 unspecified atom stereocenters. The first-order chi connectivity index (χ1) is 6.27. The average Bonchev–Trinajstić information content (AvgIpc) is 2.14. The van der Waals surface area contributed by atoms with Crippen molar-refractivity contribution in [2.45, 2.75) is 13.8 Å². The first kappa shape index (κ1) is 9.92. The highest BCUT2D eigenvalue weighted by atomic mass is 16.3. The Labute approximate surface area is 78.2 Å². The highest BCUT2D eigenvalue weighted by Gasteiger charge is 2.04. The second-order valence-corrected chi connectivity index (χ2v) is 2.89. The fourth-order valence-corrected chi connectivity index (χ4v) is 1.16. The summed E-state index contributed by atoms with van der Waals surface area (Å²) in [7, 11) is 0. The van der Waals surface area contributed by atoms with Crippen LogP contribution in [0.3, 0.4) is 0 Å². The number of nitrogens with zero attached hydrogens (tertiary/aromatic N) is 3. The van der Waals surface area contributed by atoms with Crippen LogP contribution in [0.2, 0.25) is 0 Å². The summed E-state index contributed by atoms with van der Waals surface area (Å²) < 4.78 is 0. The monoisotopic (exact) mass is 181 g/mol. The molecule has 0 aromatic carbocycles. The number of aromatic nitrogens is 2. The first-order valence-corrected chi connectivity index (χ1v) is 4.43. The van der Waals surface area contributed by atoms with Gasteiger partial charge in [0.1, 0.15) is 0 Å². The molecule has 0 bridgehead atoms. The van der Waals surface area contributed by atoms with E-state index in [0.717, 1.165) is 17.9 Å². The summed E-state index contributed by atoms with van der Waals surface area (Å²) in [6.45, 7) is 5.58. The summed E-state index contributed by atoms with van der Waals surface area (Å²) in [6, 6.07) is 1.96. The molecule has 13 heavy (non-hydrogen) atoms. The number of hydrogen-bond donors (Lipinski definition) is 1. The Morgan fingerprint density at radius 1 is 1.54 bits per heavy atom. The minimum atomic E-state index is 0.142. The van der Waals surface area contributed by atoms with Crippen molar-refractivity contribution in [3.8, 4) is 0 Å². The van der Waals surface area contributed by atoms with E-state index >= 15 is 0 Å². The lowest BCUT2D eigenvalue weighted by atomic mass is 10.3. The molecule has 1 aromatic rings. The molecular weight excluding hydrogens is 166 g/mol. The molecule has 1 N–H and O–H groups in total. The topological polar surface area (TPSA) is 49.2 Å². The van der Waals surface area contributed by atoms with E-state index in [1.807, 2.05) is 24.8 Å². The summed E-state index contributed by atoms with van der Waals surface area (Å²) in [5, 5.41) is 16.7. The Balaban J connectivity index is 2.78. The summed E-state index contributed by atoms with van der Waals surface area (Å²) in [4.78, 5) is 1.99. The van der Waals surface area contributed by atoms with Crippen LogP contribution >= 0.6 is 0 Å². The molecule has 0 amide bonds. The average molecular weight is 181 g/mol. The molecule has 0 aliphatic rings. The van der Waals surface area contributed by atoms with Crippen LogP contribution in [0.25, 0.3) is 0 Å². The second-order valence-electron chi connectivity index (χ2n) is 2.89. The van der Waals surface area contributed by atoms with Gasteiger partial charge in [-0.2, -0.15) is 5.10 Å². The van der Waals surface area contributed by atoms with Gasteiger partial charge in [-0.3, -0.25) is 0 Å². The maximum absolute atomic E-state index is 8.81. The standard InChI is InChI=1S/C9H15N3O/c1-3-12(4-5-13)9-6-8(2)7-10-11-9/h6-7,13H,3-5H2,1-2H3. The third-order valence-corrected chi connectivity index (χ3v) is 1.85. The van der Waals surface area contributed by atoms with Crippen LogP contribution in [0.1, 0.15) is 12.5 Å². The molecule has 1 rings (SSSR count). The number of aliphatic hydroxyl groups excluding tert-OH is 1. The number of aliphatic hydroxyl groups is 1. The van der Waals surface area contributed by atoms with Gasteiger partial charge in [0.05, 0.1) is 12.8 Å². The number of anilines is 1. The lowest BCUT2D eigenvalue weighted by Gasteiger charge is -2.19. The molecule has 0 spiro atoms. The lowest BCUT2D eigenvalue weighted by Crippen LogP contribution is -2.27. The van der Waals surface area contributed by atoms with E-state index in [1.165, 1.54) is 0 Å². The number of aryl methyl sites for hydroxylation is 1. The van der Waals surface area contributed by atoms with Gasteiger partial charge in [-0.25, -0.2) is 0 Å². The van der Waals surface area contributed by atoms with Crippen LogP contribution in [0.5, 0.6) is 0 Å². The van der Waals surface area contributed by atoms with Gasteiger partial charge in [0.2, 0.25) is 0 Å². The highest BCUT2D eigenvalue weighted by molar-refractivity contribution is 5.38. The zero-order valence-electron chi connectivity index (χ0n) is 8.06. The summed E-state index contributed by atoms with van der Waals surface area (Å²) >= 11 is 0. The Morgan fingerprint density at radius 3 is 2.85 bits per heavy atom. The molecular formula is C9H15N3O. The quantitative estimate of drug-likeness (QED) is 0.739. The van der Waals surface area contributed by atoms with Gasteiger partial charge in [0.25, 0.3) is 0 Å². The van der Waals surface area contributed by atoms with Crippen molar-refractivity contribution in [2.75, 3.05) is 24.6 Å². The molecule has 0 atom stereocenters. The number of hydrogen-bond acceptors (Lipinski definition) is 4. The minimum Gasteiger partial charge on any atom is -0.395 e. The van der Waals surface area contributed by atoms with Crippen molar-refractivity contribution < 1.29 is 5.11 Å². The molecule has 0 radical (unpaired) electrons. The number of likely N-dealkylation sites (N-methyl/N-ethyl adjacent to an activating group) is 1. The maximum atomic E-state index is 8.81. The molecule has 1 heterocycles. The Bertz CT molecular complexity index is 265. The molecule has 0 saturated heterocycles. The van der Waals surface area contributed by atoms with E-state index in [4.69, 9.17) is 5.11 Å². The molecule has 72 valence electrons. The van der Waals surface area contributed by atoms with Crippen LogP contribution in [0, 0.1) is 6.92 Å². The van der Waals surface area contributed by atoms with E-state index in [9.17, 15) is 0 Å². The lowest BCUT2D eigenvalue weighted by molar-refractivity contribution is 0.302. The van der Waals surface area contributed by atoms with E-state index in [0.29, 0.717) is 6.54 Å². The summed E-state index contributed by atoms with van der Waals surface area (Å²) in [5.74, 6) is 0.830. The molecule has 0 fully saturated rings. The van der Waals surface area contributed by atoms with Crippen LogP contribution in [0.4, 0.5) is 5.82 Å². The van der Waals surface area contributed by atoms with Crippen molar-refractivity contribution >= 4 is 5.82 Å². The van der Waals surface area contributed by atoms with Gasteiger partial charge in [-0.1, -0.05) is 0 Å². The van der Waals surface area contributed by atoms with E-state index in [2.05, 4.69) is 10.2 Å². The highest BCUT2D eigenvalue weighted by Crippen LogP contribution is 2.09. The molecule has 4 heteroatoms. The normalized spacial score (nSPS) is 10.1. The summed E-state index contributed by atoms with van der Waals surface area (Å²) in [5.41, 5.74) is 1.08. The molecule has 0 aliphatic heterocycles.